The van der Waals surface area contributed by atoms with Crippen molar-refractivity contribution in [3.8, 4) is 0 Å². The molecule has 3 unspecified atom stereocenters. The lowest BCUT2D eigenvalue weighted by Crippen LogP contribution is -2.08. The van der Waals surface area contributed by atoms with Crippen molar-refractivity contribution < 1.29 is 0 Å². The molecule has 0 heterocycles. The second-order valence-corrected chi connectivity index (χ2v) is 4.84. The van der Waals surface area contributed by atoms with Crippen molar-refractivity contribution in [2.45, 2.75) is 40.5 Å². The minimum atomic E-state index is 0.697. The van der Waals surface area contributed by atoms with Crippen LogP contribution in [0.5, 0.6) is 0 Å². The topological polar surface area (TPSA) is 0 Å². The maximum Gasteiger partial charge on any atom is -0.0169 e. The predicted octanol–water partition coefficient (Wildman–Crippen LogP) is 3.63. The van der Waals surface area contributed by atoms with Crippen molar-refractivity contribution in [2.24, 2.45) is 23.2 Å². The summed E-state index contributed by atoms with van der Waals surface area (Å²) in [5.41, 5.74) is 2.44. The van der Waals surface area contributed by atoms with Gasteiger partial charge in [-0.3, -0.25) is 0 Å². The second-order valence-electron chi connectivity index (χ2n) is 4.84. The highest BCUT2D eigenvalue weighted by Gasteiger charge is 2.63. The van der Waals surface area contributed by atoms with E-state index < -0.39 is 0 Å². The van der Waals surface area contributed by atoms with Crippen molar-refractivity contribution in [2.75, 3.05) is 0 Å². The molecule has 0 radical (unpaired) electrons. The van der Waals surface area contributed by atoms with Crippen molar-refractivity contribution in [1.29, 1.82) is 0 Å². The Morgan fingerprint density at radius 2 is 2.25 bits per heavy atom. The van der Waals surface area contributed by atoms with Crippen molar-refractivity contribution >= 4 is 0 Å². The molecule has 0 bridgehead atoms. The molecule has 12 heavy (non-hydrogen) atoms. The number of rotatable bonds is 1. The summed E-state index contributed by atoms with van der Waals surface area (Å²) in [4.78, 5) is 0. The highest BCUT2D eigenvalue weighted by molar-refractivity contribution is 5.29. The van der Waals surface area contributed by atoms with Crippen LogP contribution in [-0.2, 0) is 0 Å². The summed E-state index contributed by atoms with van der Waals surface area (Å²) in [5, 5.41) is 0. The van der Waals surface area contributed by atoms with Crippen LogP contribution in [-0.4, -0.2) is 0 Å². The summed E-state index contributed by atoms with van der Waals surface area (Å²) in [5.74, 6) is 2.82. The Labute approximate surface area is 76.1 Å². The molecule has 2 fully saturated rings. The van der Waals surface area contributed by atoms with Gasteiger partial charge in [0.15, 0.2) is 0 Å². The van der Waals surface area contributed by atoms with Gasteiger partial charge in [-0.2, -0.15) is 0 Å². The quantitative estimate of drug-likeness (QED) is 0.519. The van der Waals surface area contributed by atoms with Crippen LogP contribution < -0.4 is 0 Å². The van der Waals surface area contributed by atoms with Crippen LogP contribution in [0.25, 0.3) is 0 Å². The monoisotopic (exact) mass is 164 g/mol. The summed E-state index contributed by atoms with van der Waals surface area (Å²) in [6, 6.07) is 0. The van der Waals surface area contributed by atoms with Gasteiger partial charge in [-0.15, -0.1) is 0 Å². The van der Waals surface area contributed by atoms with E-state index in [2.05, 4.69) is 33.8 Å². The molecule has 0 aromatic rings. The van der Waals surface area contributed by atoms with E-state index in [0.29, 0.717) is 5.41 Å². The lowest BCUT2D eigenvalue weighted by atomic mass is 9.87. The lowest BCUT2D eigenvalue weighted by molar-refractivity contribution is 0.432. The molecule has 0 saturated heterocycles. The molecule has 0 aromatic heterocycles. The van der Waals surface area contributed by atoms with Crippen LogP contribution in [0.15, 0.2) is 11.6 Å². The summed E-state index contributed by atoms with van der Waals surface area (Å²) in [6.45, 7) is 9.44. The lowest BCUT2D eigenvalue weighted by Gasteiger charge is -2.18. The minimum Gasteiger partial charge on any atom is -0.0879 e. The van der Waals surface area contributed by atoms with E-state index in [0.717, 1.165) is 17.8 Å². The molecule has 4 atom stereocenters. The fourth-order valence-electron chi connectivity index (χ4n) is 3.43. The molecule has 0 amide bonds. The Morgan fingerprint density at radius 3 is 2.67 bits per heavy atom. The van der Waals surface area contributed by atoms with Gasteiger partial charge < -0.3 is 0 Å². The van der Waals surface area contributed by atoms with Gasteiger partial charge in [0.1, 0.15) is 0 Å². The molecule has 2 aliphatic carbocycles. The van der Waals surface area contributed by atoms with Crippen LogP contribution >= 0.6 is 0 Å². The molecule has 0 heteroatoms. The fourth-order valence-corrected chi connectivity index (χ4v) is 3.43. The van der Waals surface area contributed by atoms with Gasteiger partial charge in [0.2, 0.25) is 0 Å². The van der Waals surface area contributed by atoms with Crippen LogP contribution in [0.1, 0.15) is 40.5 Å². The van der Waals surface area contributed by atoms with Gasteiger partial charge in [-0.05, 0) is 42.9 Å². The maximum absolute atomic E-state index is 2.47. The molecule has 68 valence electrons. The van der Waals surface area contributed by atoms with E-state index in [4.69, 9.17) is 0 Å². The summed E-state index contributed by atoms with van der Waals surface area (Å²) in [7, 11) is 0. The van der Waals surface area contributed by atoms with Gasteiger partial charge in [0, 0.05) is 0 Å². The van der Waals surface area contributed by atoms with Gasteiger partial charge in [0.25, 0.3) is 0 Å². The molecule has 0 nitrogen and oxygen atoms in total. The summed E-state index contributed by atoms with van der Waals surface area (Å²) >= 11 is 0. The molecular weight excluding hydrogens is 144 g/mol. The third-order valence-electron chi connectivity index (χ3n) is 4.52. The maximum atomic E-state index is 2.47. The average molecular weight is 164 g/mol. The Bertz CT molecular complexity index is 226. The predicted molar refractivity (Wildman–Crippen MR) is 52.9 cm³/mol. The largest absolute Gasteiger partial charge is 0.0879 e. The zero-order valence-electron chi connectivity index (χ0n) is 8.72. The fraction of sp³-hybridized carbons (Fsp3) is 0.833. The molecule has 2 rings (SSSR count). The Morgan fingerprint density at radius 1 is 1.58 bits per heavy atom. The Hall–Kier alpha value is -0.260. The highest BCUT2D eigenvalue weighted by atomic mass is 14.7. The number of hydrogen-bond acceptors (Lipinski definition) is 0. The van der Waals surface area contributed by atoms with Crippen molar-refractivity contribution in [3.63, 3.8) is 0 Å². The standard InChI is InChI=1S/C12H20/c1-5-9-8(3)12(4)7-11(12)10(9)6-2/h5,8,10-11H,6-7H2,1-4H3/b9-5+/t8?,10?,11-,12?/m0/s1. The van der Waals surface area contributed by atoms with Gasteiger partial charge in [0.05, 0.1) is 0 Å². The van der Waals surface area contributed by atoms with Crippen LogP contribution in [0, 0.1) is 23.2 Å². The minimum absolute atomic E-state index is 0.697. The van der Waals surface area contributed by atoms with E-state index in [-0.39, 0.29) is 0 Å². The first kappa shape index (κ1) is 8.34. The number of fused-ring (bicyclic) bond motifs is 1. The molecule has 0 spiro atoms. The first-order valence-electron chi connectivity index (χ1n) is 5.31. The SMILES string of the molecule is C/C=C1/C(CC)[C@@H]2CC2(C)C1C. The van der Waals surface area contributed by atoms with Crippen LogP contribution in [0.4, 0.5) is 0 Å². The summed E-state index contributed by atoms with van der Waals surface area (Å²) < 4.78 is 0. The van der Waals surface area contributed by atoms with E-state index in [9.17, 15) is 0 Å². The van der Waals surface area contributed by atoms with Crippen LogP contribution in [0.2, 0.25) is 0 Å². The van der Waals surface area contributed by atoms with Gasteiger partial charge in [-0.25, -0.2) is 0 Å². The highest BCUT2D eigenvalue weighted by Crippen LogP contribution is 2.70. The third-order valence-corrected chi connectivity index (χ3v) is 4.52. The van der Waals surface area contributed by atoms with Gasteiger partial charge >= 0.3 is 0 Å². The smallest absolute Gasteiger partial charge is 0.0169 e. The second kappa shape index (κ2) is 2.37. The van der Waals surface area contributed by atoms with Gasteiger partial charge in [-0.1, -0.05) is 32.4 Å². The Balaban J connectivity index is 2.28. The molecular formula is C12H20. The number of hydrogen-bond donors (Lipinski definition) is 0. The molecule has 0 aromatic carbocycles. The van der Waals surface area contributed by atoms with Crippen LogP contribution in [0.3, 0.4) is 0 Å². The zero-order valence-corrected chi connectivity index (χ0v) is 8.72. The van der Waals surface area contributed by atoms with E-state index in [1.165, 1.54) is 12.8 Å². The summed E-state index contributed by atoms with van der Waals surface area (Å²) in [6.07, 6.45) is 5.21. The number of allylic oxidation sites excluding steroid dienone is 2. The molecule has 0 N–H and O–H groups in total. The Kier molecular flexibility index (Phi) is 1.65. The van der Waals surface area contributed by atoms with E-state index in [1.54, 1.807) is 5.57 Å². The first-order valence-corrected chi connectivity index (χ1v) is 5.31. The van der Waals surface area contributed by atoms with E-state index >= 15 is 0 Å². The van der Waals surface area contributed by atoms with Crippen molar-refractivity contribution in [3.05, 3.63) is 11.6 Å². The average Bonchev–Trinajstić information content (AvgIpc) is 2.68. The van der Waals surface area contributed by atoms with E-state index in [1.807, 2.05) is 0 Å². The first-order chi connectivity index (χ1) is 5.65. The molecule has 0 aliphatic heterocycles. The third kappa shape index (κ3) is 0.787. The zero-order chi connectivity index (χ0) is 8.93. The van der Waals surface area contributed by atoms with Crippen molar-refractivity contribution in [1.82, 2.24) is 0 Å². The normalized spacial score (nSPS) is 54.3. The molecule has 2 saturated carbocycles. The molecule has 2 aliphatic rings.